The molecule has 0 aliphatic heterocycles. The van der Waals surface area contributed by atoms with E-state index in [2.05, 4.69) is 4.98 Å². The second-order valence-electron chi connectivity index (χ2n) is 3.74. The van der Waals surface area contributed by atoms with E-state index in [1.807, 2.05) is 0 Å². The maximum Gasteiger partial charge on any atom is 0.341 e. The molecule has 2 aromatic rings. The number of H-pyrrole nitrogens is 1. The summed E-state index contributed by atoms with van der Waals surface area (Å²) in [5, 5.41) is 0. The van der Waals surface area contributed by atoms with Gasteiger partial charge >= 0.3 is 5.97 Å². The maximum absolute atomic E-state index is 12.8. The number of carbonyl (C=O) groups excluding carboxylic acids is 1. The summed E-state index contributed by atoms with van der Waals surface area (Å²) < 4.78 is 17.7. The number of nitrogen functional groups attached to an aromatic ring is 1. The highest BCUT2D eigenvalue weighted by molar-refractivity contribution is 5.96. The van der Waals surface area contributed by atoms with Gasteiger partial charge in [-0.05, 0) is 42.8 Å². The highest BCUT2D eigenvalue weighted by atomic mass is 19.1. The summed E-state index contributed by atoms with van der Waals surface area (Å²) in [4.78, 5) is 14.5. The van der Waals surface area contributed by atoms with Gasteiger partial charge in [-0.25, -0.2) is 9.18 Å². The average molecular weight is 248 g/mol. The van der Waals surface area contributed by atoms with Crippen LogP contribution in [0.2, 0.25) is 0 Å². The molecule has 5 heteroatoms. The third-order valence-corrected chi connectivity index (χ3v) is 2.50. The molecule has 0 fully saturated rings. The number of aromatic amines is 1. The minimum absolute atomic E-state index is 0.243. The standard InChI is InChI=1S/C13H13FN2O2/c1-2-18-13(17)10-7-11(16-12(10)15)8-3-5-9(14)6-4-8/h3-7,16H,2,15H2,1H3. The van der Waals surface area contributed by atoms with Crippen molar-refractivity contribution in [1.29, 1.82) is 0 Å². The topological polar surface area (TPSA) is 68.1 Å². The molecule has 0 radical (unpaired) electrons. The molecule has 0 aliphatic carbocycles. The second-order valence-corrected chi connectivity index (χ2v) is 3.74. The lowest BCUT2D eigenvalue weighted by Gasteiger charge is -1.98. The highest BCUT2D eigenvalue weighted by Crippen LogP contribution is 2.24. The van der Waals surface area contributed by atoms with Gasteiger partial charge in [-0.3, -0.25) is 0 Å². The fraction of sp³-hybridized carbons (Fsp3) is 0.154. The van der Waals surface area contributed by atoms with Crippen LogP contribution in [0, 0.1) is 5.82 Å². The number of nitrogens with two attached hydrogens (primary N) is 1. The Morgan fingerprint density at radius 3 is 2.67 bits per heavy atom. The molecular weight excluding hydrogens is 235 g/mol. The van der Waals surface area contributed by atoms with E-state index in [1.165, 1.54) is 12.1 Å². The molecule has 4 nitrogen and oxygen atoms in total. The summed E-state index contributed by atoms with van der Waals surface area (Å²) in [6.07, 6.45) is 0. The average Bonchev–Trinajstić information content (AvgIpc) is 2.72. The minimum Gasteiger partial charge on any atom is -0.462 e. The molecule has 1 aromatic heterocycles. The third kappa shape index (κ3) is 2.34. The summed E-state index contributed by atoms with van der Waals surface area (Å²) in [5.74, 6) is -0.545. The minimum atomic E-state index is -0.473. The van der Waals surface area contributed by atoms with Crippen LogP contribution in [-0.4, -0.2) is 17.6 Å². The molecule has 0 saturated carbocycles. The fourth-order valence-corrected chi connectivity index (χ4v) is 1.63. The fourth-order valence-electron chi connectivity index (χ4n) is 1.63. The molecule has 1 aromatic carbocycles. The number of halogens is 1. The van der Waals surface area contributed by atoms with Crippen LogP contribution in [0.5, 0.6) is 0 Å². The van der Waals surface area contributed by atoms with Crippen LogP contribution >= 0.6 is 0 Å². The molecule has 0 aliphatic rings. The van der Waals surface area contributed by atoms with Crippen molar-refractivity contribution in [2.75, 3.05) is 12.3 Å². The first-order chi connectivity index (χ1) is 8.61. The van der Waals surface area contributed by atoms with Crippen molar-refractivity contribution in [3.8, 4) is 11.3 Å². The van der Waals surface area contributed by atoms with Crippen molar-refractivity contribution in [3.05, 3.63) is 41.7 Å². The molecule has 0 spiro atoms. The number of hydrogen-bond acceptors (Lipinski definition) is 3. The number of nitrogens with one attached hydrogen (secondary N) is 1. The largest absolute Gasteiger partial charge is 0.462 e. The molecule has 0 bridgehead atoms. The van der Waals surface area contributed by atoms with Gasteiger partial charge in [0.05, 0.1) is 6.61 Å². The number of ether oxygens (including phenoxy) is 1. The molecule has 3 N–H and O–H groups in total. The van der Waals surface area contributed by atoms with Gasteiger partial charge in [0.25, 0.3) is 0 Å². The van der Waals surface area contributed by atoms with E-state index < -0.39 is 5.97 Å². The summed E-state index contributed by atoms with van der Waals surface area (Å²) >= 11 is 0. The third-order valence-electron chi connectivity index (χ3n) is 2.50. The normalized spacial score (nSPS) is 10.3. The van der Waals surface area contributed by atoms with Gasteiger partial charge in [0.2, 0.25) is 0 Å². The van der Waals surface area contributed by atoms with Gasteiger partial charge in [0, 0.05) is 5.69 Å². The first kappa shape index (κ1) is 12.2. The van der Waals surface area contributed by atoms with Crippen molar-refractivity contribution in [2.24, 2.45) is 0 Å². The lowest BCUT2D eigenvalue weighted by molar-refractivity contribution is 0.0528. The summed E-state index contributed by atoms with van der Waals surface area (Å²) in [7, 11) is 0. The first-order valence-corrected chi connectivity index (χ1v) is 5.53. The zero-order chi connectivity index (χ0) is 13.1. The number of esters is 1. The van der Waals surface area contributed by atoms with Crippen LogP contribution in [0.25, 0.3) is 11.3 Å². The Kier molecular flexibility index (Phi) is 3.32. The van der Waals surface area contributed by atoms with Gasteiger partial charge in [-0.1, -0.05) is 0 Å². The SMILES string of the molecule is CCOC(=O)c1cc(-c2ccc(F)cc2)[nH]c1N. The molecule has 2 rings (SSSR count). The van der Waals surface area contributed by atoms with Crippen molar-refractivity contribution in [3.63, 3.8) is 0 Å². The number of aromatic nitrogens is 1. The van der Waals surface area contributed by atoms with E-state index in [4.69, 9.17) is 10.5 Å². The quantitative estimate of drug-likeness (QED) is 0.820. The maximum atomic E-state index is 12.8. The zero-order valence-corrected chi connectivity index (χ0v) is 9.87. The van der Waals surface area contributed by atoms with E-state index in [0.717, 1.165) is 5.56 Å². The number of benzene rings is 1. The van der Waals surface area contributed by atoms with Crippen molar-refractivity contribution in [2.45, 2.75) is 6.92 Å². The number of anilines is 1. The lowest BCUT2D eigenvalue weighted by Crippen LogP contribution is -2.05. The van der Waals surface area contributed by atoms with E-state index in [9.17, 15) is 9.18 Å². The second kappa shape index (κ2) is 4.91. The molecule has 0 amide bonds. The predicted octanol–water partition coefficient (Wildman–Crippen LogP) is 2.58. The van der Waals surface area contributed by atoms with Gasteiger partial charge in [0.15, 0.2) is 0 Å². The molecule has 0 saturated heterocycles. The molecule has 0 unspecified atom stereocenters. The van der Waals surface area contributed by atoms with E-state index in [0.29, 0.717) is 5.69 Å². The Hall–Kier alpha value is -2.30. The number of carbonyl (C=O) groups is 1. The molecular formula is C13H13FN2O2. The van der Waals surface area contributed by atoms with Gasteiger partial charge in [-0.2, -0.15) is 0 Å². The Labute approximate surface area is 104 Å². The van der Waals surface area contributed by atoms with Crippen LogP contribution < -0.4 is 5.73 Å². The van der Waals surface area contributed by atoms with E-state index in [-0.39, 0.29) is 23.8 Å². The van der Waals surface area contributed by atoms with Crippen molar-refractivity contribution in [1.82, 2.24) is 4.98 Å². The first-order valence-electron chi connectivity index (χ1n) is 5.53. The Morgan fingerprint density at radius 2 is 2.06 bits per heavy atom. The highest BCUT2D eigenvalue weighted by Gasteiger charge is 2.15. The van der Waals surface area contributed by atoms with Gasteiger partial charge < -0.3 is 15.5 Å². The molecule has 0 atom stereocenters. The van der Waals surface area contributed by atoms with Crippen LogP contribution in [0.3, 0.4) is 0 Å². The van der Waals surface area contributed by atoms with Crippen molar-refractivity contribution >= 4 is 11.8 Å². The van der Waals surface area contributed by atoms with Crippen molar-refractivity contribution < 1.29 is 13.9 Å². The Morgan fingerprint density at radius 1 is 1.39 bits per heavy atom. The predicted molar refractivity (Wildman–Crippen MR) is 66.6 cm³/mol. The summed E-state index contributed by atoms with van der Waals surface area (Å²) in [6, 6.07) is 7.50. The zero-order valence-electron chi connectivity index (χ0n) is 9.87. The van der Waals surface area contributed by atoms with Gasteiger partial charge in [-0.15, -0.1) is 0 Å². The van der Waals surface area contributed by atoms with Crippen LogP contribution in [0.15, 0.2) is 30.3 Å². The monoisotopic (exact) mass is 248 g/mol. The Balaban J connectivity index is 2.34. The van der Waals surface area contributed by atoms with Crippen LogP contribution in [0.1, 0.15) is 17.3 Å². The smallest absolute Gasteiger partial charge is 0.341 e. The number of hydrogen-bond donors (Lipinski definition) is 2. The van der Waals surface area contributed by atoms with Crippen LogP contribution in [-0.2, 0) is 4.74 Å². The Bertz CT molecular complexity index is 561. The summed E-state index contributed by atoms with van der Waals surface area (Å²) in [5.41, 5.74) is 7.39. The number of rotatable bonds is 3. The summed E-state index contributed by atoms with van der Waals surface area (Å²) in [6.45, 7) is 2.01. The van der Waals surface area contributed by atoms with E-state index in [1.54, 1.807) is 25.1 Å². The van der Waals surface area contributed by atoms with Gasteiger partial charge in [0.1, 0.15) is 17.2 Å². The van der Waals surface area contributed by atoms with Crippen LogP contribution in [0.4, 0.5) is 10.2 Å². The molecule has 1 heterocycles. The molecule has 18 heavy (non-hydrogen) atoms. The lowest BCUT2D eigenvalue weighted by atomic mass is 10.1. The van der Waals surface area contributed by atoms with E-state index >= 15 is 0 Å². The molecule has 94 valence electrons.